The van der Waals surface area contributed by atoms with Crippen molar-refractivity contribution in [2.45, 2.75) is 51.5 Å². The third kappa shape index (κ3) is 5.66. The smallest absolute Gasteiger partial charge is 0.242 e. The summed E-state index contributed by atoms with van der Waals surface area (Å²) in [5.74, 6) is 0.290. The van der Waals surface area contributed by atoms with Gasteiger partial charge in [-0.05, 0) is 44.2 Å². The zero-order valence-corrected chi connectivity index (χ0v) is 20.3. The Morgan fingerprint density at radius 1 is 1.20 bits per heavy atom. The summed E-state index contributed by atoms with van der Waals surface area (Å²) in [5.41, 5.74) is 1.35. The molecule has 1 aliphatic rings. The molecule has 0 bridgehead atoms. The molecule has 11 heteroatoms. The Balaban J connectivity index is 1.70. The molecule has 1 aromatic carbocycles. The lowest BCUT2D eigenvalue weighted by Gasteiger charge is -2.24. The number of anilines is 1. The van der Waals surface area contributed by atoms with Gasteiger partial charge in [-0.2, -0.15) is 4.98 Å². The van der Waals surface area contributed by atoms with Gasteiger partial charge in [0.2, 0.25) is 12.3 Å². The summed E-state index contributed by atoms with van der Waals surface area (Å²) in [4.78, 5) is 13.1. The van der Waals surface area contributed by atoms with Crippen LogP contribution in [-0.4, -0.2) is 47.9 Å². The number of halogens is 3. The van der Waals surface area contributed by atoms with Crippen molar-refractivity contribution in [2.24, 2.45) is 0 Å². The minimum absolute atomic E-state index is 0.0451. The lowest BCUT2D eigenvalue weighted by molar-refractivity contribution is 0.147. The molecule has 0 aliphatic carbocycles. The molecule has 35 heavy (non-hydrogen) atoms. The van der Waals surface area contributed by atoms with E-state index in [0.29, 0.717) is 42.2 Å². The van der Waals surface area contributed by atoms with Gasteiger partial charge in [0.1, 0.15) is 27.8 Å². The van der Waals surface area contributed by atoms with Gasteiger partial charge in [-0.1, -0.05) is 18.2 Å². The zero-order valence-electron chi connectivity index (χ0n) is 19.5. The average Bonchev–Trinajstić information content (AvgIpc) is 2.80. The maximum atomic E-state index is 14.9. The Kier molecular flexibility index (Phi) is 7.44. The number of pyridine rings is 1. The van der Waals surface area contributed by atoms with Crippen LogP contribution >= 0.6 is 0 Å². The largest absolute Gasteiger partial charge is 0.478 e. The number of nitrogens with zero attached hydrogens (tertiary/aromatic N) is 3. The van der Waals surface area contributed by atoms with E-state index < -0.39 is 34.5 Å². The fraction of sp³-hybridized carbons (Fsp3) is 0.458. The Hall–Kier alpha value is -2.95. The minimum atomic E-state index is -3.04. The van der Waals surface area contributed by atoms with Gasteiger partial charge in [-0.15, -0.1) is 0 Å². The maximum absolute atomic E-state index is 14.9. The highest BCUT2D eigenvalue weighted by Gasteiger charge is 2.28. The number of rotatable bonds is 8. The molecule has 1 atom stereocenters. The summed E-state index contributed by atoms with van der Waals surface area (Å²) >= 11 is 0. The van der Waals surface area contributed by atoms with E-state index in [4.69, 9.17) is 4.74 Å². The third-order valence-corrected chi connectivity index (χ3v) is 7.91. The topological polar surface area (TPSA) is 94.1 Å². The average molecular weight is 509 g/mol. The summed E-state index contributed by atoms with van der Waals surface area (Å²) < 4.78 is 70.2. The quantitative estimate of drug-likeness (QED) is 0.466. The van der Waals surface area contributed by atoms with Crippen LogP contribution in [0.5, 0.6) is 5.88 Å². The van der Waals surface area contributed by atoms with Crippen molar-refractivity contribution in [2.75, 3.05) is 23.4 Å². The monoisotopic (exact) mass is 508 g/mol. The number of alkyl halides is 2. The number of fused-ring (bicyclic) bond motifs is 1. The standard InChI is InChI=1S/C24H27F3N4O3S/c1-3-34-24-18(15-7-9-35(32,33)10-8-15)12-19-22(28-13-29-23(19)31-24)30-14(2)17-6-4-5-16(21(17)27)11-20(25)26/h4-6,12-15,20H,3,7-11H2,1-2H3,(H,28,29,30,31)/t14-/m1/s1. The second-order valence-electron chi connectivity index (χ2n) is 8.62. The normalized spacial score (nSPS) is 17.0. The molecule has 0 saturated carbocycles. The number of nitrogens with one attached hydrogen (secondary N) is 1. The molecule has 1 fully saturated rings. The molecule has 188 valence electrons. The van der Waals surface area contributed by atoms with Gasteiger partial charge in [0, 0.05) is 17.5 Å². The molecular formula is C24H27F3N4O3S. The molecule has 2 aromatic heterocycles. The van der Waals surface area contributed by atoms with Crippen LogP contribution < -0.4 is 10.1 Å². The first-order valence-electron chi connectivity index (χ1n) is 11.5. The molecule has 0 spiro atoms. The van der Waals surface area contributed by atoms with E-state index in [1.807, 2.05) is 13.0 Å². The number of ether oxygens (including phenoxy) is 1. The highest BCUT2D eigenvalue weighted by molar-refractivity contribution is 7.91. The predicted molar refractivity (Wildman–Crippen MR) is 127 cm³/mol. The van der Waals surface area contributed by atoms with Crippen LogP contribution in [0.4, 0.5) is 19.0 Å². The van der Waals surface area contributed by atoms with Crippen LogP contribution in [0.3, 0.4) is 0 Å². The van der Waals surface area contributed by atoms with Crippen molar-refractivity contribution in [1.29, 1.82) is 0 Å². The molecule has 1 N–H and O–H groups in total. The molecular weight excluding hydrogens is 481 g/mol. The Bertz CT molecular complexity index is 1310. The highest BCUT2D eigenvalue weighted by atomic mass is 32.2. The molecule has 3 aromatic rings. The summed E-state index contributed by atoms with van der Waals surface area (Å²) in [7, 11) is -3.04. The van der Waals surface area contributed by atoms with Crippen LogP contribution in [0.25, 0.3) is 11.0 Å². The van der Waals surface area contributed by atoms with Crippen molar-refractivity contribution in [3.05, 3.63) is 53.1 Å². The first-order chi connectivity index (χ1) is 16.7. The number of benzene rings is 1. The summed E-state index contributed by atoms with van der Waals surface area (Å²) in [6.07, 6.45) is -1.05. The van der Waals surface area contributed by atoms with E-state index in [1.165, 1.54) is 12.4 Å². The van der Waals surface area contributed by atoms with E-state index >= 15 is 0 Å². The maximum Gasteiger partial charge on any atom is 0.242 e. The van der Waals surface area contributed by atoms with Gasteiger partial charge in [0.15, 0.2) is 5.65 Å². The van der Waals surface area contributed by atoms with Gasteiger partial charge in [-0.25, -0.2) is 31.6 Å². The van der Waals surface area contributed by atoms with E-state index in [1.54, 1.807) is 19.1 Å². The van der Waals surface area contributed by atoms with Crippen LogP contribution in [0, 0.1) is 5.82 Å². The van der Waals surface area contributed by atoms with Crippen LogP contribution in [0.2, 0.25) is 0 Å². The highest BCUT2D eigenvalue weighted by Crippen LogP contribution is 2.37. The van der Waals surface area contributed by atoms with Crippen molar-refractivity contribution in [1.82, 2.24) is 15.0 Å². The number of sulfone groups is 1. The Morgan fingerprint density at radius 2 is 1.94 bits per heavy atom. The van der Waals surface area contributed by atoms with Crippen molar-refractivity contribution in [3.8, 4) is 5.88 Å². The minimum Gasteiger partial charge on any atom is -0.478 e. The van der Waals surface area contributed by atoms with Gasteiger partial charge >= 0.3 is 0 Å². The molecule has 7 nitrogen and oxygen atoms in total. The van der Waals surface area contributed by atoms with Crippen molar-refractivity contribution < 1.29 is 26.3 Å². The molecule has 0 unspecified atom stereocenters. The molecule has 0 radical (unpaired) electrons. The second kappa shape index (κ2) is 10.3. The lowest BCUT2D eigenvalue weighted by atomic mass is 9.93. The van der Waals surface area contributed by atoms with E-state index in [2.05, 4.69) is 20.3 Å². The van der Waals surface area contributed by atoms with Crippen molar-refractivity contribution >= 4 is 26.7 Å². The first kappa shape index (κ1) is 25.2. The lowest BCUT2D eigenvalue weighted by Crippen LogP contribution is -2.22. The molecule has 0 amide bonds. The summed E-state index contributed by atoms with van der Waals surface area (Å²) in [5, 5.41) is 3.74. The van der Waals surface area contributed by atoms with Crippen LogP contribution in [0.15, 0.2) is 30.6 Å². The van der Waals surface area contributed by atoms with Gasteiger partial charge in [0.05, 0.1) is 29.5 Å². The fourth-order valence-electron chi connectivity index (χ4n) is 4.39. The van der Waals surface area contributed by atoms with E-state index in [-0.39, 0.29) is 28.6 Å². The number of hydrogen-bond donors (Lipinski definition) is 1. The molecule has 1 saturated heterocycles. The van der Waals surface area contributed by atoms with Gasteiger partial charge < -0.3 is 10.1 Å². The zero-order chi connectivity index (χ0) is 25.2. The third-order valence-electron chi connectivity index (χ3n) is 6.20. The van der Waals surface area contributed by atoms with Gasteiger partial charge in [-0.3, -0.25) is 0 Å². The molecule has 1 aliphatic heterocycles. The fourth-order valence-corrected chi connectivity index (χ4v) is 5.88. The second-order valence-corrected chi connectivity index (χ2v) is 10.9. The SMILES string of the molecule is CCOc1nc2ncnc(N[C@H](C)c3cccc(CC(F)F)c3F)c2cc1C1CCS(=O)(=O)CC1. The Morgan fingerprint density at radius 3 is 2.63 bits per heavy atom. The van der Waals surface area contributed by atoms with E-state index in [9.17, 15) is 21.6 Å². The predicted octanol–water partition coefficient (Wildman–Crippen LogP) is 4.84. The summed E-state index contributed by atoms with van der Waals surface area (Å²) in [6, 6.07) is 5.73. The number of aromatic nitrogens is 3. The van der Waals surface area contributed by atoms with Gasteiger partial charge in [0.25, 0.3) is 0 Å². The summed E-state index contributed by atoms with van der Waals surface area (Å²) in [6.45, 7) is 3.94. The first-order valence-corrected chi connectivity index (χ1v) is 13.3. The van der Waals surface area contributed by atoms with Crippen molar-refractivity contribution in [3.63, 3.8) is 0 Å². The Labute approximate surface area is 202 Å². The number of hydrogen-bond acceptors (Lipinski definition) is 7. The molecule has 4 rings (SSSR count). The van der Waals surface area contributed by atoms with Crippen LogP contribution in [-0.2, 0) is 16.3 Å². The van der Waals surface area contributed by atoms with E-state index in [0.717, 1.165) is 5.56 Å². The van der Waals surface area contributed by atoms with Crippen LogP contribution in [0.1, 0.15) is 55.3 Å². The molecule has 3 heterocycles.